The molecule has 3 heterocycles. The van der Waals surface area contributed by atoms with Gasteiger partial charge in [0.15, 0.2) is 0 Å². The zero-order valence-corrected chi connectivity index (χ0v) is 17.3. The van der Waals surface area contributed by atoms with Gasteiger partial charge in [0.25, 0.3) is 5.91 Å². The average molecular weight is 404 g/mol. The number of carbonyl (C=O) groups excluding carboxylic acids is 2. The van der Waals surface area contributed by atoms with E-state index in [2.05, 4.69) is 28.4 Å². The number of nitrogens with zero attached hydrogens (tertiary/aromatic N) is 2. The molecule has 30 heavy (non-hydrogen) atoms. The summed E-state index contributed by atoms with van der Waals surface area (Å²) in [6, 6.07) is 16.1. The molecule has 5 heteroatoms. The van der Waals surface area contributed by atoms with E-state index >= 15 is 0 Å². The predicted octanol–water partition coefficient (Wildman–Crippen LogP) is 3.87. The molecule has 1 N–H and O–H groups in total. The van der Waals surface area contributed by atoms with Crippen molar-refractivity contribution < 1.29 is 9.59 Å². The van der Waals surface area contributed by atoms with Gasteiger partial charge in [-0.25, -0.2) is 0 Å². The van der Waals surface area contributed by atoms with Crippen molar-refractivity contribution in [2.24, 2.45) is 5.92 Å². The number of para-hydroxylation sites is 1. The lowest BCUT2D eigenvalue weighted by Gasteiger charge is -2.34. The third-order valence-electron chi connectivity index (χ3n) is 6.91. The number of benzene rings is 2. The maximum absolute atomic E-state index is 13.1. The molecule has 0 spiro atoms. The maximum Gasteiger partial charge on any atom is 0.253 e. The highest BCUT2D eigenvalue weighted by atomic mass is 16.2. The minimum absolute atomic E-state index is 0.0813. The molecule has 156 valence electrons. The third kappa shape index (κ3) is 3.74. The molecule has 2 aromatic carbocycles. The summed E-state index contributed by atoms with van der Waals surface area (Å²) in [7, 11) is 0. The van der Waals surface area contributed by atoms with Gasteiger partial charge in [0, 0.05) is 30.9 Å². The van der Waals surface area contributed by atoms with Crippen LogP contribution in [0.3, 0.4) is 0 Å². The third-order valence-corrected chi connectivity index (χ3v) is 6.91. The minimum Gasteiger partial charge on any atom is -0.339 e. The van der Waals surface area contributed by atoms with Crippen LogP contribution in [0.2, 0.25) is 0 Å². The summed E-state index contributed by atoms with van der Waals surface area (Å²) in [6.45, 7) is 4.67. The summed E-state index contributed by atoms with van der Waals surface area (Å²) < 4.78 is 0. The van der Waals surface area contributed by atoms with Crippen LogP contribution in [0.25, 0.3) is 0 Å². The Morgan fingerprint density at radius 1 is 0.967 bits per heavy atom. The first-order valence-corrected chi connectivity index (χ1v) is 11.2. The van der Waals surface area contributed by atoms with Crippen LogP contribution in [0.5, 0.6) is 0 Å². The fraction of sp³-hybridized carbons (Fsp3) is 0.440. The molecule has 3 aliphatic rings. The lowest BCUT2D eigenvalue weighted by molar-refractivity contribution is -0.118. The normalized spacial score (nSPS) is 22.2. The van der Waals surface area contributed by atoms with Crippen LogP contribution in [-0.2, 0) is 11.3 Å². The van der Waals surface area contributed by atoms with Crippen molar-refractivity contribution in [1.82, 2.24) is 9.80 Å². The molecule has 0 bridgehead atoms. The molecule has 5 rings (SSSR count). The number of likely N-dealkylation sites (tertiary alicyclic amines) is 2. The molecule has 3 aliphatic heterocycles. The quantitative estimate of drug-likeness (QED) is 0.843. The summed E-state index contributed by atoms with van der Waals surface area (Å²) in [4.78, 5) is 30.1. The van der Waals surface area contributed by atoms with Crippen molar-refractivity contribution in [3.05, 3.63) is 65.2 Å². The van der Waals surface area contributed by atoms with E-state index in [4.69, 9.17) is 0 Å². The second kappa shape index (κ2) is 8.23. The molecular weight excluding hydrogens is 374 g/mol. The average Bonchev–Trinajstić information content (AvgIpc) is 3.40. The van der Waals surface area contributed by atoms with Gasteiger partial charge in [0.2, 0.25) is 5.91 Å². The molecular formula is C25H29N3O2. The number of nitrogens with one attached hydrogen (secondary N) is 1. The summed E-state index contributed by atoms with van der Waals surface area (Å²) in [5, 5.41) is 3.02. The molecule has 1 atom stereocenters. The van der Waals surface area contributed by atoms with Gasteiger partial charge in [0.05, 0.1) is 5.92 Å². The highest BCUT2D eigenvalue weighted by Crippen LogP contribution is 2.41. The molecule has 2 amide bonds. The van der Waals surface area contributed by atoms with Gasteiger partial charge >= 0.3 is 0 Å². The Kier molecular flexibility index (Phi) is 5.30. The Labute approximate surface area is 178 Å². The number of carbonyl (C=O) groups is 2. The standard InChI is InChI=1S/C25H29N3O2/c29-24-23(21-8-1-2-9-22(21)26-24)19-10-14-28(15-11-19)25(30)20-7-5-6-18(16-20)17-27-12-3-4-13-27/h1-2,5-9,16,19,23H,3-4,10-15,17H2,(H,26,29). The van der Waals surface area contributed by atoms with E-state index in [-0.39, 0.29) is 17.7 Å². The number of fused-ring (bicyclic) bond motifs is 1. The van der Waals surface area contributed by atoms with Crippen LogP contribution in [-0.4, -0.2) is 47.8 Å². The molecule has 2 saturated heterocycles. The van der Waals surface area contributed by atoms with Crippen LogP contribution in [0.1, 0.15) is 53.1 Å². The second-order valence-corrected chi connectivity index (χ2v) is 8.87. The SMILES string of the molecule is O=C1Nc2ccccc2C1C1CCN(C(=O)c2cccc(CN3CCCC3)c2)CC1. The molecule has 0 saturated carbocycles. The molecule has 2 fully saturated rings. The van der Waals surface area contributed by atoms with Crippen molar-refractivity contribution in [3.8, 4) is 0 Å². The van der Waals surface area contributed by atoms with E-state index in [1.54, 1.807) is 0 Å². The number of amides is 2. The lowest BCUT2D eigenvalue weighted by Crippen LogP contribution is -2.40. The maximum atomic E-state index is 13.1. The van der Waals surface area contributed by atoms with Gasteiger partial charge in [-0.05, 0) is 74.0 Å². The second-order valence-electron chi connectivity index (χ2n) is 8.87. The van der Waals surface area contributed by atoms with Crippen molar-refractivity contribution in [2.75, 3.05) is 31.5 Å². The summed E-state index contributed by atoms with van der Waals surface area (Å²) >= 11 is 0. The Morgan fingerprint density at radius 3 is 2.53 bits per heavy atom. The largest absolute Gasteiger partial charge is 0.339 e. The van der Waals surface area contributed by atoms with Crippen LogP contribution >= 0.6 is 0 Å². The van der Waals surface area contributed by atoms with E-state index in [9.17, 15) is 9.59 Å². The van der Waals surface area contributed by atoms with Gasteiger partial charge in [0.1, 0.15) is 0 Å². The van der Waals surface area contributed by atoms with Gasteiger partial charge in [-0.3, -0.25) is 14.5 Å². The minimum atomic E-state index is -0.0813. The van der Waals surface area contributed by atoms with Crippen molar-refractivity contribution in [3.63, 3.8) is 0 Å². The predicted molar refractivity (Wildman–Crippen MR) is 117 cm³/mol. The molecule has 2 aromatic rings. The van der Waals surface area contributed by atoms with E-state index in [0.717, 1.165) is 49.3 Å². The van der Waals surface area contributed by atoms with Gasteiger partial charge in [-0.15, -0.1) is 0 Å². The first-order chi connectivity index (χ1) is 14.7. The molecule has 0 aromatic heterocycles. The van der Waals surface area contributed by atoms with Gasteiger partial charge in [-0.2, -0.15) is 0 Å². The molecule has 5 nitrogen and oxygen atoms in total. The lowest BCUT2D eigenvalue weighted by atomic mass is 9.80. The smallest absolute Gasteiger partial charge is 0.253 e. The Hall–Kier alpha value is -2.66. The number of rotatable bonds is 4. The van der Waals surface area contributed by atoms with Crippen molar-refractivity contribution in [1.29, 1.82) is 0 Å². The first kappa shape index (κ1) is 19.3. The molecule has 0 radical (unpaired) electrons. The van der Waals surface area contributed by atoms with E-state index < -0.39 is 0 Å². The van der Waals surface area contributed by atoms with E-state index in [1.165, 1.54) is 18.4 Å². The van der Waals surface area contributed by atoms with E-state index in [0.29, 0.717) is 19.0 Å². The molecule has 0 aliphatic carbocycles. The van der Waals surface area contributed by atoms with Crippen LogP contribution in [0, 0.1) is 5.92 Å². The summed E-state index contributed by atoms with van der Waals surface area (Å²) in [5.41, 5.74) is 4.06. The van der Waals surface area contributed by atoms with Gasteiger partial charge in [-0.1, -0.05) is 30.3 Å². The zero-order chi connectivity index (χ0) is 20.5. The van der Waals surface area contributed by atoms with Crippen LogP contribution in [0.4, 0.5) is 5.69 Å². The van der Waals surface area contributed by atoms with Crippen LogP contribution < -0.4 is 5.32 Å². The first-order valence-electron chi connectivity index (χ1n) is 11.2. The fourth-order valence-corrected chi connectivity index (χ4v) is 5.32. The monoisotopic (exact) mass is 403 g/mol. The summed E-state index contributed by atoms with van der Waals surface area (Å²) in [5.74, 6) is 0.435. The number of piperidine rings is 1. The molecule has 1 unspecified atom stereocenters. The highest BCUT2D eigenvalue weighted by Gasteiger charge is 2.38. The Bertz CT molecular complexity index is 943. The number of anilines is 1. The fourth-order valence-electron chi connectivity index (χ4n) is 5.32. The van der Waals surface area contributed by atoms with Crippen molar-refractivity contribution in [2.45, 2.75) is 38.1 Å². The van der Waals surface area contributed by atoms with Crippen LogP contribution in [0.15, 0.2) is 48.5 Å². The van der Waals surface area contributed by atoms with E-state index in [1.807, 2.05) is 35.2 Å². The number of hydrogen-bond acceptors (Lipinski definition) is 3. The van der Waals surface area contributed by atoms with Gasteiger partial charge < -0.3 is 10.2 Å². The Morgan fingerprint density at radius 2 is 1.73 bits per heavy atom. The zero-order valence-electron chi connectivity index (χ0n) is 17.3. The topological polar surface area (TPSA) is 52.7 Å². The van der Waals surface area contributed by atoms with Crippen molar-refractivity contribution >= 4 is 17.5 Å². The highest BCUT2D eigenvalue weighted by molar-refractivity contribution is 6.03. The number of hydrogen-bond donors (Lipinski definition) is 1. The summed E-state index contributed by atoms with van der Waals surface area (Å²) in [6.07, 6.45) is 4.28. The Balaban J connectivity index is 1.23.